The summed E-state index contributed by atoms with van der Waals surface area (Å²) in [5.74, 6) is -0.337. The summed E-state index contributed by atoms with van der Waals surface area (Å²) in [6.45, 7) is 7.41. The van der Waals surface area contributed by atoms with E-state index in [0.29, 0.717) is 46.5 Å². The standard InChI is InChI=1S/C31H37Cl2N3O5S/c1-5-22(4)34-31(38)29(6-2)35(20-23-13-18-27(32)28(33)19-23)30(37)21-36(24-11-9-8-10-12-24)42(39,40)26-16-14-25(15-17-26)41-7-3/h8-19,22,29H,5-7,20-21H2,1-4H3,(H,34,38)/t22-,29-/m1/s1. The van der Waals surface area contributed by atoms with Crippen molar-refractivity contribution in [3.8, 4) is 5.75 Å². The molecule has 1 N–H and O–H groups in total. The van der Waals surface area contributed by atoms with Gasteiger partial charge >= 0.3 is 0 Å². The average Bonchev–Trinajstić information content (AvgIpc) is 2.98. The predicted octanol–water partition coefficient (Wildman–Crippen LogP) is 6.31. The van der Waals surface area contributed by atoms with Gasteiger partial charge in [-0.25, -0.2) is 8.42 Å². The van der Waals surface area contributed by atoms with Crippen molar-refractivity contribution < 1.29 is 22.7 Å². The number of para-hydroxylation sites is 1. The van der Waals surface area contributed by atoms with Crippen molar-refractivity contribution in [3.63, 3.8) is 0 Å². The van der Waals surface area contributed by atoms with Crippen LogP contribution in [0, 0.1) is 0 Å². The number of carbonyl (C=O) groups excluding carboxylic acids is 2. The van der Waals surface area contributed by atoms with Crippen LogP contribution in [0.4, 0.5) is 5.69 Å². The molecule has 0 saturated carbocycles. The van der Waals surface area contributed by atoms with Crippen LogP contribution in [0.25, 0.3) is 0 Å². The summed E-state index contributed by atoms with van der Waals surface area (Å²) in [5.41, 5.74) is 0.958. The van der Waals surface area contributed by atoms with E-state index in [-0.39, 0.29) is 23.4 Å². The van der Waals surface area contributed by atoms with Gasteiger partial charge in [-0.3, -0.25) is 13.9 Å². The molecule has 42 heavy (non-hydrogen) atoms. The highest BCUT2D eigenvalue weighted by molar-refractivity contribution is 7.92. The Morgan fingerprint density at radius 3 is 2.14 bits per heavy atom. The summed E-state index contributed by atoms with van der Waals surface area (Å²) < 4.78 is 34.4. The molecular weight excluding hydrogens is 597 g/mol. The molecular formula is C31H37Cl2N3O5S. The van der Waals surface area contributed by atoms with Gasteiger partial charge in [-0.05, 0) is 80.8 Å². The molecule has 11 heteroatoms. The zero-order valence-corrected chi connectivity index (χ0v) is 26.5. The highest BCUT2D eigenvalue weighted by atomic mass is 35.5. The summed E-state index contributed by atoms with van der Waals surface area (Å²) in [4.78, 5) is 28.9. The largest absolute Gasteiger partial charge is 0.494 e. The van der Waals surface area contributed by atoms with Crippen molar-refractivity contribution in [1.82, 2.24) is 10.2 Å². The van der Waals surface area contributed by atoms with Crippen molar-refractivity contribution in [2.45, 2.75) is 64.1 Å². The lowest BCUT2D eigenvalue weighted by Gasteiger charge is -2.33. The predicted molar refractivity (Wildman–Crippen MR) is 168 cm³/mol. The minimum absolute atomic E-state index is 0.000180. The van der Waals surface area contributed by atoms with Crippen LogP contribution < -0.4 is 14.4 Å². The van der Waals surface area contributed by atoms with Crippen LogP contribution in [0.2, 0.25) is 10.0 Å². The third-order valence-corrected chi connectivity index (χ3v) is 9.30. The van der Waals surface area contributed by atoms with Crippen molar-refractivity contribution in [1.29, 1.82) is 0 Å². The quantitative estimate of drug-likeness (QED) is 0.224. The Kier molecular flexibility index (Phi) is 12.1. The van der Waals surface area contributed by atoms with Crippen LogP contribution in [-0.2, 0) is 26.2 Å². The molecule has 3 aromatic carbocycles. The van der Waals surface area contributed by atoms with Crippen molar-refractivity contribution >= 4 is 50.7 Å². The van der Waals surface area contributed by atoms with E-state index in [1.165, 1.54) is 17.0 Å². The smallest absolute Gasteiger partial charge is 0.264 e. The molecule has 0 fully saturated rings. The first-order valence-electron chi connectivity index (χ1n) is 13.9. The fraction of sp³-hybridized carbons (Fsp3) is 0.355. The second kappa shape index (κ2) is 15.3. The third kappa shape index (κ3) is 8.40. The SMILES string of the molecule is CCOc1ccc(S(=O)(=O)N(CC(=O)N(Cc2ccc(Cl)c(Cl)c2)[C@H](CC)C(=O)N[C@H](C)CC)c2ccccc2)cc1. The molecule has 3 rings (SSSR count). The zero-order valence-electron chi connectivity index (χ0n) is 24.2. The molecule has 0 bridgehead atoms. The number of nitrogens with zero attached hydrogens (tertiary/aromatic N) is 2. The minimum Gasteiger partial charge on any atom is -0.494 e. The Labute approximate surface area is 258 Å². The number of benzene rings is 3. The lowest BCUT2D eigenvalue weighted by molar-refractivity contribution is -0.140. The lowest BCUT2D eigenvalue weighted by Crippen LogP contribution is -2.53. The first kappa shape index (κ1) is 33.2. The highest BCUT2D eigenvalue weighted by Crippen LogP contribution is 2.27. The molecule has 2 amide bonds. The van der Waals surface area contributed by atoms with E-state index >= 15 is 0 Å². The van der Waals surface area contributed by atoms with Gasteiger partial charge in [0.25, 0.3) is 10.0 Å². The maximum absolute atomic E-state index is 14.1. The number of hydrogen-bond donors (Lipinski definition) is 1. The monoisotopic (exact) mass is 633 g/mol. The van der Waals surface area contributed by atoms with Gasteiger partial charge in [0.05, 0.1) is 27.2 Å². The van der Waals surface area contributed by atoms with E-state index in [9.17, 15) is 18.0 Å². The minimum atomic E-state index is -4.18. The molecule has 0 aromatic heterocycles. The molecule has 0 aliphatic rings. The number of nitrogens with one attached hydrogen (secondary N) is 1. The summed E-state index contributed by atoms with van der Waals surface area (Å²) in [7, 11) is -4.18. The van der Waals surface area contributed by atoms with Gasteiger partial charge in [0, 0.05) is 12.6 Å². The Balaban J connectivity index is 2.04. The van der Waals surface area contributed by atoms with Crippen molar-refractivity contribution in [2.24, 2.45) is 0 Å². The number of anilines is 1. The van der Waals surface area contributed by atoms with E-state index < -0.39 is 28.5 Å². The molecule has 0 radical (unpaired) electrons. The third-order valence-electron chi connectivity index (χ3n) is 6.77. The topological polar surface area (TPSA) is 96.0 Å². The zero-order chi connectivity index (χ0) is 30.9. The molecule has 0 heterocycles. The number of rotatable bonds is 14. The molecule has 226 valence electrons. The van der Waals surface area contributed by atoms with Gasteiger partial charge in [0.15, 0.2) is 0 Å². The Hall–Kier alpha value is -3.27. The number of amides is 2. The van der Waals surface area contributed by atoms with Gasteiger partial charge in [-0.1, -0.05) is 61.3 Å². The molecule has 8 nitrogen and oxygen atoms in total. The van der Waals surface area contributed by atoms with Crippen molar-refractivity contribution in [3.05, 3.63) is 88.4 Å². The number of carbonyl (C=O) groups is 2. The second-order valence-corrected chi connectivity index (χ2v) is 12.4. The Morgan fingerprint density at radius 1 is 0.905 bits per heavy atom. The van der Waals surface area contributed by atoms with E-state index in [2.05, 4.69) is 5.32 Å². The average molecular weight is 635 g/mol. The number of sulfonamides is 1. The van der Waals surface area contributed by atoms with Crippen molar-refractivity contribution in [2.75, 3.05) is 17.5 Å². The summed E-state index contributed by atoms with van der Waals surface area (Å²) in [5, 5.41) is 3.62. The normalized spacial score (nSPS) is 12.7. The van der Waals surface area contributed by atoms with E-state index in [1.54, 1.807) is 60.7 Å². The number of ether oxygens (including phenoxy) is 1. The molecule has 3 aromatic rings. The second-order valence-electron chi connectivity index (χ2n) is 9.76. The van der Waals surface area contributed by atoms with E-state index in [4.69, 9.17) is 27.9 Å². The first-order valence-corrected chi connectivity index (χ1v) is 16.1. The van der Waals surface area contributed by atoms with E-state index in [1.807, 2.05) is 27.7 Å². The molecule has 0 aliphatic heterocycles. The van der Waals surface area contributed by atoms with Crippen LogP contribution in [0.3, 0.4) is 0 Å². The molecule has 0 spiro atoms. The summed E-state index contributed by atoms with van der Waals surface area (Å²) in [6, 6.07) is 18.5. The van der Waals surface area contributed by atoms with Crippen LogP contribution in [0.5, 0.6) is 5.75 Å². The fourth-order valence-electron chi connectivity index (χ4n) is 4.32. The molecule has 0 saturated heterocycles. The maximum atomic E-state index is 14.1. The van der Waals surface area contributed by atoms with Gasteiger partial charge in [0.1, 0.15) is 18.3 Å². The highest BCUT2D eigenvalue weighted by Gasteiger charge is 2.34. The Morgan fingerprint density at radius 2 is 1.57 bits per heavy atom. The van der Waals surface area contributed by atoms with Crippen LogP contribution in [0.1, 0.15) is 46.1 Å². The van der Waals surface area contributed by atoms with Gasteiger partial charge in [-0.15, -0.1) is 0 Å². The van der Waals surface area contributed by atoms with E-state index in [0.717, 1.165) is 4.31 Å². The first-order chi connectivity index (χ1) is 20.0. The molecule has 0 aliphatic carbocycles. The fourth-order valence-corrected chi connectivity index (χ4v) is 6.05. The maximum Gasteiger partial charge on any atom is 0.264 e. The van der Waals surface area contributed by atoms with Crippen LogP contribution >= 0.6 is 23.2 Å². The van der Waals surface area contributed by atoms with Gasteiger partial charge in [-0.2, -0.15) is 0 Å². The van der Waals surface area contributed by atoms with Crippen LogP contribution in [0.15, 0.2) is 77.7 Å². The molecule has 2 atom stereocenters. The summed E-state index contributed by atoms with van der Waals surface area (Å²) in [6.07, 6.45) is 1.03. The number of hydrogen-bond acceptors (Lipinski definition) is 5. The number of halogens is 2. The van der Waals surface area contributed by atoms with Gasteiger partial charge in [0.2, 0.25) is 11.8 Å². The van der Waals surface area contributed by atoms with Crippen LogP contribution in [-0.4, -0.2) is 50.4 Å². The Bertz CT molecular complexity index is 1450. The molecule has 0 unspecified atom stereocenters. The summed E-state index contributed by atoms with van der Waals surface area (Å²) >= 11 is 12.4. The lowest BCUT2D eigenvalue weighted by atomic mass is 10.1. The van der Waals surface area contributed by atoms with Gasteiger partial charge < -0.3 is 15.0 Å².